The molecule has 1 aromatic carbocycles. The molecule has 0 aliphatic heterocycles. The summed E-state index contributed by atoms with van der Waals surface area (Å²) < 4.78 is 43.4. The fourth-order valence-corrected chi connectivity index (χ4v) is 2.75. The zero-order valence-electron chi connectivity index (χ0n) is 13.1. The summed E-state index contributed by atoms with van der Waals surface area (Å²) in [5.74, 6) is -0.271. The number of likely N-dealkylation sites (N-methyl/N-ethyl adjacent to an activating group) is 1. The van der Waals surface area contributed by atoms with E-state index in [1.54, 1.807) is 6.07 Å². The largest absolute Gasteiger partial charge is 0.416 e. The van der Waals surface area contributed by atoms with Gasteiger partial charge in [0.25, 0.3) is 0 Å². The Morgan fingerprint density at radius 2 is 2.09 bits per heavy atom. The van der Waals surface area contributed by atoms with Gasteiger partial charge in [-0.2, -0.15) is 13.2 Å². The molecule has 1 fully saturated rings. The average Bonchev–Trinajstić information content (AvgIpc) is 3.27. The molecule has 0 heterocycles. The Balaban J connectivity index is 2.17. The Hall–Kier alpha value is -1.60. The highest BCUT2D eigenvalue weighted by Crippen LogP contribution is 2.50. The summed E-state index contributed by atoms with van der Waals surface area (Å²) in [6, 6.07) is 4.92. The molecule has 0 aromatic heterocycles. The number of nitrogens with zero attached hydrogens (tertiary/aromatic N) is 1. The Bertz CT molecular complexity index is 570. The summed E-state index contributed by atoms with van der Waals surface area (Å²) >= 11 is 0. The highest BCUT2D eigenvalue weighted by molar-refractivity contribution is 5.91. The van der Waals surface area contributed by atoms with Gasteiger partial charge in [-0.15, -0.1) is 0 Å². The minimum absolute atomic E-state index is 0.0768. The molecular weight excluding hydrogens is 311 g/mol. The van der Waals surface area contributed by atoms with E-state index in [0.717, 1.165) is 12.1 Å². The predicted molar refractivity (Wildman–Crippen MR) is 77.9 cm³/mol. The molecule has 2 rings (SSSR count). The van der Waals surface area contributed by atoms with Crippen molar-refractivity contribution in [2.75, 3.05) is 27.3 Å². The molecule has 7 heteroatoms. The van der Waals surface area contributed by atoms with Gasteiger partial charge < -0.3 is 14.7 Å². The van der Waals surface area contributed by atoms with Crippen molar-refractivity contribution < 1.29 is 27.8 Å². The second-order valence-corrected chi connectivity index (χ2v) is 5.96. The van der Waals surface area contributed by atoms with Crippen molar-refractivity contribution >= 4 is 5.91 Å². The Kier molecular flexibility index (Phi) is 5.01. The van der Waals surface area contributed by atoms with Crippen molar-refractivity contribution in [2.45, 2.75) is 30.5 Å². The molecule has 1 amide bonds. The number of aliphatic hydroxyl groups excluding tert-OH is 1. The summed E-state index contributed by atoms with van der Waals surface area (Å²) in [6.45, 7) is 0.168. The van der Waals surface area contributed by atoms with Gasteiger partial charge in [-0.25, -0.2) is 0 Å². The highest BCUT2D eigenvalue weighted by atomic mass is 19.4. The van der Waals surface area contributed by atoms with Crippen LogP contribution in [0.15, 0.2) is 24.3 Å². The van der Waals surface area contributed by atoms with E-state index in [9.17, 15) is 23.1 Å². The first-order valence-corrected chi connectivity index (χ1v) is 7.31. The normalized spacial score (nSPS) is 17.7. The first-order valence-electron chi connectivity index (χ1n) is 7.31. The van der Waals surface area contributed by atoms with E-state index in [4.69, 9.17) is 4.74 Å². The number of halogens is 3. The minimum atomic E-state index is -4.43. The molecular formula is C16H20F3NO3. The van der Waals surface area contributed by atoms with E-state index in [2.05, 4.69) is 0 Å². The summed E-state index contributed by atoms with van der Waals surface area (Å²) in [6.07, 6.45) is -4.24. The SMILES string of the molecule is COCC(O)CN(C)C(=O)C1(c2cccc(C(F)(F)F)c2)CC1. The van der Waals surface area contributed by atoms with E-state index >= 15 is 0 Å². The smallest absolute Gasteiger partial charge is 0.389 e. The topological polar surface area (TPSA) is 49.8 Å². The van der Waals surface area contributed by atoms with Crippen LogP contribution in [0.2, 0.25) is 0 Å². The second kappa shape index (κ2) is 6.49. The zero-order valence-corrected chi connectivity index (χ0v) is 13.1. The predicted octanol–water partition coefficient (Wildman–Crippen LogP) is 2.20. The molecule has 0 bridgehead atoms. The number of carbonyl (C=O) groups excluding carboxylic acids is 1. The van der Waals surface area contributed by atoms with Crippen molar-refractivity contribution in [1.29, 1.82) is 0 Å². The Morgan fingerprint density at radius 3 is 2.61 bits per heavy atom. The highest BCUT2D eigenvalue weighted by Gasteiger charge is 2.53. The van der Waals surface area contributed by atoms with Crippen molar-refractivity contribution in [3.8, 4) is 0 Å². The van der Waals surface area contributed by atoms with Crippen LogP contribution in [0.5, 0.6) is 0 Å². The Labute approximate surface area is 132 Å². The van der Waals surface area contributed by atoms with Gasteiger partial charge >= 0.3 is 6.18 Å². The summed E-state index contributed by atoms with van der Waals surface area (Å²) in [4.78, 5) is 14.0. The number of rotatable bonds is 6. The lowest BCUT2D eigenvalue weighted by Crippen LogP contribution is -2.41. The van der Waals surface area contributed by atoms with Gasteiger partial charge in [0.2, 0.25) is 5.91 Å². The van der Waals surface area contributed by atoms with Gasteiger partial charge in [-0.05, 0) is 24.5 Å². The quantitative estimate of drug-likeness (QED) is 0.869. The average molecular weight is 331 g/mol. The van der Waals surface area contributed by atoms with Gasteiger partial charge in [0, 0.05) is 20.7 Å². The van der Waals surface area contributed by atoms with Gasteiger partial charge in [-0.1, -0.05) is 18.2 Å². The molecule has 128 valence electrons. The lowest BCUT2D eigenvalue weighted by molar-refractivity contribution is -0.138. The third kappa shape index (κ3) is 3.84. The van der Waals surface area contributed by atoms with E-state index < -0.39 is 23.3 Å². The third-order valence-corrected chi connectivity index (χ3v) is 4.09. The van der Waals surface area contributed by atoms with Crippen molar-refractivity contribution in [3.05, 3.63) is 35.4 Å². The van der Waals surface area contributed by atoms with Gasteiger partial charge in [0.15, 0.2) is 0 Å². The van der Waals surface area contributed by atoms with Crippen LogP contribution in [0.3, 0.4) is 0 Å². The summed E-state index contributed by atoms with van der Waals surface area (Å²) in [7, 11) is 2.98. The number of alkyl halides is 3. The molecule has 0 spiro atoms. The number of hydrogen-bond acceptors (Lipinski definition) is 3. The van der Waals surface area contributed by atoms with Crippen LogP contribution in [0.1, 0.15) is 24.0 Å². The fourth-order valence-electron chi connectivity index (χ4n) is 2.75. The lowest BCUT2D eigenvalue weighted by Gasteiger charge is -2.26. The number of hydrogen-bond donors (Lipinski definition) is 1. The van der Waals surface area contributed by atoms with E-state index in [-0.39, 0.29) is 19.1 Å². The molecule has 1 aliphatic carbocycles. The van der Waals surface area contributed by atoms with Crippen LogP contribution in [0.25, 0.3) is 0 Å². The van der Waals surface area contributed by atoms with Crippen LogP contribution in [0.4, 0.5) is 13.2 Å². The van der Waals surface area contributed by atoms with Crippen LogP contribution >= 0.6 is 0 Å². The first kappa shape index (κ1) is 17.7. The molecule has 0 radical (unpaired) electrons. The third-order valence-electron chi connectivity index (χ3n) is 4.09. The van der Waals surface area contributed by atoms with Crippen LogP contribution in [-0.4, -0.2) is 49.3 Å². The molecule has 0 saturated heterocycles. The number of methoxy groups -OCH3 is 1. The molecule has 1 unspecified atom stereocenters. The van der Waals surface area contributed by atoms with Crippen molar-refractivity contribution in [1.82, 2.24) is 4.90 Å². The summed E-state index contributed by atoms with van der Waals surface area (Å²) in [5.41, 5.74) is -1.27. The molecule has 1 atom stereocenters. The minimum Gasteiger partial charge on any atom is -0.389 e. The van der Waals surface area contributed by atoms with Crippen LogP contribution in [-0.2, 0) is 21.1 Å². The lowest BCUT2D eigenvalue weighted by atomic mass is 9.92. The van der Waals surface area contributed by atoms with Gasteiger partial charge in [0.1, 0.15) is 0 Å². The number of amides is 1. The van der Waals surface area contributed by atoms with Crippen LogP contribution in [0, 0.1) is 0 Å². The van der Waals surface area contributed by atoms with E-state index in [0.29, 0.717) is 18.4 Å². The molecule has 1 aliphatic rings. The van der Waals surface area contributed by atoms with Crippen molar-refractivity contribution in [2.24, 2.45) is 0 Å². The Morgan fingerprint density at radius 1 is 1.43 bits per heavy atom. The molecule has 23 heavy (non-hydrogen) atoms. The van der Waals surface area contributed by atoms with Crippen LogP contribution < -0.4 is 0 Å². The monoisotopic (exact) mass is 331 g/mol. The first-order chi connectivity index (χ1) is 10.7. The van der Waals surface area contributed by atoms with E-state index in [1.165, 1.54) is 25.1 Å². The molecule has 1 aromatic rings. The maximum Gasteiger partial charge on any atom is 0.416 e. The standard InChI is InChI=1S/C16H20F3NO3/c1-20(9-13(21)10-23-2)14(22)15(6-7-15)11-4-3-5-12(8-11)16(17,18)19/h3-5,8,13,21H,6-7,9-10H2,1-2H3. The maximum atomic E-state index is 12.9. The maximum absolute atomic E-state index is 12.9. The number of aliphatic hydroxyl groups is 1. The zero-order chi connectivity index (χ0) is 17.3. The molecule has 1 saturated carbocycles. The van der Waals surface area contributed by atoms with Crippen molar-refractivity contribution in [3.63, 3.8) is 0 Å². The fraction of sp³-hybridized carbons (Fsp3) is 0.562. The van der Waals surface area contributed by atoms with Gasteiger partial charge in [-0.3, -0.25) is 4.79 Å². The summed E-state index contributed by atoms with van der Waals surface area (Å²) in [5, 5.41) is 9.71. The second-order valence-electron chi connectivity index (χ2n) is 5.96. The van der Waals surface area contributed by atoms with E-state index in [1.807, 2.05) is 0 Å². The molecule has 4 nitrogen and oxygen atoms in total. The number of ether oxygens (including phenoxy) is 1. The number of carbonyl (C=O) groups is 1. The molecule has 1 N–H and O–H groups in total. The van der Waals surface area contributed by atoms with Gasteiger partial charge in [0.05, 0.1) is 23.7 Å². The number of benzene rings is 1.